The molecule has 1 N–H and O–H groups in total. The number of aromatic nitrogens is 1. The van der Waals surface area contributed by atoms with Gasteiger partial charge in [0.25, 0.3) is 5.91 Å². The zero-order chi connectivity index (χ0) is 22.7. The standard InChI is InChI=1S/C23H21ClFN3O3S/c1-31-20-9-6-15(11-18(20)25)19-13-32-23(26-19)27-21(29)16-3-2-10-28(12-16)22(30)14-4-7-17(24)8-5-14/h4-9,11,13,16H,2-3,10,12H2,1H3,(H,26,27,29). The van der Waals surface area contributed by atoms with Gasteiger partial charge in [0, 0.05) is 34.6 Å². The molecule has 1 aliphatic heterocycles. The number of nitrogens with one attached hydrogen (secondary N) is 1. The van der Waals surface area contributed by atoms with E-state index in [1.807, 2.05) is 0 Å². The van der Waals surface area contributed by atoms with Crippen molar-refractivity contribution in [3.8, 4) is 17.0 Å². The second kappa shape index (κ2) is 9.67. The molecule has 166 valence electrons. The van der Waals surface area contributed by atoms with Crippen molar-refractivity contribution in [3.05, 3.63) is 64.2 Å². The molecule has 1 aliphatic rings. The van der Waals surface area contributed by atoms with Crippen molar-refractivity contribution in [2.24, 2.45) is 5.92 Å². The van der Waals surface area contributed by atoms with E-state index in [1.54, 1.807) is 40.6 Å². The summed E-state index contributed by atoms with van der Waals surface area (Å²) in [5, 5.41) is 5.60. The summed E-state index contributed by atoms with van der Waals surface area (Å²) in [5.74, 6) is -0.938. The molecule has 2 aromatic carbocycles. The normalized spacial score (nSPS) is 16.0. The van der Waals surface area contributed by atoms with E-state index in [-0.39, 0.29) is 23.5 Å². The van der Waals surface area contributed by atoms with Crippen LogP contribution >= 0.6 is 22.9 Å². The number of halogens is 2. The number of likely N-dealkylation sites (tertiary alicyclic amines) is 1. The lowest BCUT2D eigenvalue weighted by molar-refractivity contribution is -0.121. The van der Waals surface area contributed by atoms with Gasteiger partial charge < -0.3 is 15.0 Å². The van der Waals surface area contributed by atoms with Crippen molar-refractivity contribution in [2.45, 2.75) is 12.8 Å². The predicted octanol–water partition coefficient (Wildman–Crippen LogP) is 5.10. The summed E-state index contributed by atoms with van der Waals surface area (Å²) in [4.78, 5) is 31.7. The molecule has 0 aliphatic carbocycles. The summed E-state index contributed by atoms with van der Waals surface area (Å²) >= 11 is 7.17. The van der Waals surface area contributed by atoms with E-state index in [9.17, 15) is 14.0 Å². The molecule has 1 saturated heterocycles. The summed E-state index contributed by atoms with van der Waals surface area (Å²) < 4.78 is 18.9. The zero-order valence-corrected chi connectivity index (χ0v) is 18.9. The SMILES string of the molecule is COc1ccc(-c2csc(NC(=O)C3CCCN(C(=O)c4ccc(Cl)cc4)C3)n2)cc1F. The summed E-state index contributed by atoms with van der Waals surface area (Å²) in [6.07, 6.45) is 1.43. The second-order valence-electron chi connectivity index (χ2n) is 7.47. The number of thiazole rings is 1. The maximum Gasteiger partial charge on any atom is 0.253 e. The summed E-state index contributed by atoms with van der Waals surface area (Å²) in [5.41, 5.74) is 1.71. The molecule has 2 heterocycles. The molecule has 4 rings (SSSR count). The highest BCUT2D eigenvalue weighted by Crippen LogP contribution is 2.29. The van der Waals surface area contributed by atoms with Gasteiger partial charge in [0.05, 0.1) is 18.7 Å². The third-order valence-electron chi connectivity index (χ3n) is 5.35. The summed E-state index contributed by atoms with van der Waals surface area (Å²) in [6, 6.07) is 11.3. The minimum absolute atomic E-state index is 0.114. The number of carbonyl (C=O) groups excluding carboxylic acids is 2. The van der Waals surface area contributed by atoms with Crippen molar-refractivity contribution >= 4 is 39.9 Å². The van der Waals surface area contributed by atoms with Gasteiger partial charge in [0.1, 0.15) is 0 Å². The van der Waals surface area contributed by atoms with Gasteiger partial charge in [-0.05, 0) is 55.3 Å². The van der Waals surface area contributed by atoms with Crippen LogP contribution in [0.2, 0.25) is 5.02 Å². The first kappa shape index (κ1) is 22.2. The lowest BCUT2D eigenvalue weighted by Gasteiger charge is -2.32. The maximum absolute atomic E-state index is 14.0. The minimum atomic E-state index is -0.476. The Balaban J connectivity index is 1.40. The van der Waals surface area contributed by atoms with E-state index < -0.39 is 5.82 Å². The summed E-state index contributed by atoms with van der Waals surface area (Å²) in [6.45, 7) is 0.949. The molecular formula is C23H21ClFN3O3S. The highest BCUT2D eigenvalue weighted by molar-refractivity contribution is 7.14. The molecule has 6 nitrogen and oxygen atoms in total. The lowest BCUT2D eigenvalue weighted by atomic mass is 9.96. The number of anilines is 1. The highest BCUT2D eigenvalue weighted by atomic mass is 35.5. The molecule has 9 heteroatoms. The van der Waals surface area contributed by atoms with Crippen LogP contribution in [-0.4, -0.2) is 41.9 Å². The number of methoxy groups -OCH3 is 1. The van der Waals surface area contributed by atoms with Gasteiger partial charge >= 0.3 is 0 Å². The number of nitrogens with zero attached hydrogens (tertiary/aromatic N) is 2. The molecule has 0 saturated carbocycles. The zero-order valence-electron chi connectivity index (χ0n) is 17.3. The molecule has 1 fully saturated rings. The quantitative estimate of drug-likeness (QED) is 0.559. The first-order valence-electron chi connectivity index (χ1n) is 10.1. The molecule has 0 spiro atoms. The third-order valence-corrected chi connectivity index (χ3v) is 6.36. The number of rotatable bonds is 5. The topological polar surface area (TPSA) is 71.5 Å². The number of hydrogen-bond acceptors (Lipinski definition) is 5. The first-order valence-corrected chi connectivity index (χ1v) is 11.4. The fourth-order valence-electron chi connectivity index (χ4n) is 3.65. The summed E-state index contributed by atoms with van der Waals surface area (Å²) in [7, 11) is 1.41. The fraction of sp³-hybridized carbons (Fsp3) is 0.261. The van der Waals surface area contributed by atoms with Crippen molar-refractivity contribution in [2.75, 3.05) is 25.5 Å². The average Bonchev–Trinajstić information content (AvgIpc) is 3.27. The highest BCUT2D eigenvalue weighted by Gasteiger charge is 2.29. The van der Waals surface area contributed by atoms with E-state index in [0.29, 0.717) is 46.5 Å². The van der Waals surface area contributed by atoms with Gasteiger partial charge in [0.15, 0.2) is 16.7 Å². The van der Waals surface area contributed by atoms with Gasteiger partial charge in [0.2, 0.25) is 5.91 Å². The number of benzene rings is 2. The Labute approximate surface area is 194 Å². The van der Waals surface area contributed by atoms with E-state index in [2.05, 4.69) is 10.3 Å². The molecule has 32 heavy (non-hydrogen) atoms. The Kier molecular flexibility index (Phi) is 6.72. The number of piperidine rings is 1. The maximum atomic E-state index is 14.0. The van der Waals surface area contributed by atoms with Crippen molar-refractivity contribution in [1.82, 2.24) is 9.88 Å². The molecule has 1 atom stereocenters. The largest absolute Gasteiger partial charge is 0.494 e. The molecule has 1 aromatic heterocycles. The average molecular weight is 474 g/mol. The molecule has 0 radical (unpaired) electrons. The Morgan fingerprint density at radius 2 is 2.03 bits per heavy atom. The predicted molar refractivity (Wildman–Crippen MR) is 123 cm³/mol. The first-order chi connectivity index (χ1) is 15.4. The fourth-order valence-corrected chi connectivity index (χ4v) is 4.50. The van der Waals surface area contributed by atoms with Crippen LogP contribution in [0.15, 0.2) is 47.8 Å². The number of hydrogen-bond donors (Lipinski definition) is 1. The van der Waals surface area contributed by atoms with Gasteiger partial charge in [-0.15, -0.1) is 11.3 Å². The lowest BCUT2D eigenvalue weighted by Crippen LogP contribution is -2.43. The molecule has 0 bridgehead atoms. The van der Waals surface area contributed by atoms with Crippen molar-refractivity contribution in [1.29, 1.82) is 0 Å². The molecule has 2 amide bonds. The van der Waals surface area contributed by atoms with Crippen LogP contribution < -0.4 is 10.1 Å². The van der Waals surface area contributed by atoms with Crippen LogP contribution in [0.3, 0.4) is 0 Å². The number of amides is 2. The number of ether oxygens (including phenoxy) is 1. The van der Waals surface area contributed by atoms with Crippen LogP contribution in [0, 0.1) is 11.7 Å². The molecular weight excluding hydrogens is 453 g/mol. The van der Waals surface area contributed by atoms with Crippen LogP contribution in [0.1, 0.15) is 23.2 Å². The van der Waals surface area contributed by atoms with E-state index in [0.717, 1.165) is 6.42 Å². The van der Waals surface area contributed by atoms with Crippen molar-refractivity contribution < 1.29 is 18.7 Å². The Hall–Kier alpha value is -2.97. The Morgan fingerprint density at radius 3 is 2.75 bits per heavy atom. The van der Waals surface area contributed by atoms with Crippen LogP contribution in [0.25, 0.3) is 11.3 Å². The second-order valence-corrected chi connectivity index (χ2v) is 8.77. The Morgan fingerprint density at radius 1 is 1.25 bits per heavy atom. The Bertz CT molecular complexity index is 1140. The minimum Gasteiger partial charge on any atom is -0.494 e. The molecule has 3 aromatic rings. The van der Waals surface area contributed by atoms with Gasteiger partial charge in [-0.1, -0.05) is 11.6 Å². The van der Waals surface area contributed by atoms with Gasteiger partial charge in [-0.25, -0.2) is 9.37 Å². The number of carbonyl (C=O) groups is 2. The van der Waals surface area contributed by atoms with E-state index >= 15 is 0 Å². The monoisotopic (exact) mass is 473 g/mol. The molecule has 1 unspecified atom stereocenters. The van der Waals surface area contributed by atoms with Crippen LogP contribution in [-0.2, 0) is 4.79 Å². The third kappa shape index (κ3) is 4.92. The smallest absolute Gasteiger partial charge is 0.253 e. The van der Waals surface area contributed by atoms with Crippen LogP contribution in [0.5, 0.6) is 5.75 Å². The van der Waals surface area contributed by atoms with E-state index in [4.69, 9.17) is 16.3 Å². The van der Waals surface area contributed by atoms with E-state index in [1.165, 1.54) is 30.6 Å². The van der Waals surface area contributed by atoms with Gasteiger partial charge in [-0.3, -0.25) is 9.59 Å². The van der Waals surface area contributed by atoms with Crippen molar-refractivity contribution in [3.63, 3.8) is 0 Å². The van der Waals surface area contributed by atoms with Crippen LogP contribution in [0.4, 0.5) is 9.52 Å². The van der Waals surface area contributed by atoms with Gasteiger partial charge in [-0.2, -0.15) is 0 Å².